The zero-order valence-electron chi connectivity index (χ0n) is 11.0. The van der Waals surface area contributed by atoms with Crippen LogP contribution in [0.15, 0.2) is 9.64 Å². The molecule has 1 aromatic heterocycles. The average Bonchev–Trinajstić information content (AvgIpc) is 2.71. The molecule has 0 aromatic carbocycles. The van der Waals surface area contributed by atoms with Crippen molar-refractivity contribution in [2.75, 3.05) is 12.3 Å². The molecule has 0 amide bonds. The van der Waals surface area contributed by atoms with Crippen molar-refractivity contribution in [1.29, 1.82) is 0 Å². The molecule has 4 nitrogen and oxygen atoms in total. The first-order chi connectivity index (χ1) is 8.22. The fourth-order valence-corrected chi connectivity index (χ4v) is 2.26. The van der Waals surface area contributed by atoms with Gasteiger partial charge in [0, 0.05) is 25.3 Å². The summed E-state index contributed by atoms with van der Waals surface area (Å²) in [4.78, 5) is 0. The van der Waals surface area contributed by atoms with Crippen LogP contribution in [0.1, 0.15) is 45.4 Å². The summed E-state index contributed by atoms with van der Waals surface area (Å²) in [5, 5.41) is 11.9. The zero-order valence-corrected chi connectivity index (χ0v) is 11.8. The van der Waals surface area contributed by atoms with Gasteiger partial charge in [-0.15, -0.1) is 10.2 Å². The highest BCUT2D eigenvalue weighted by Crippen LogP contribution is 2.14. The highest BCUT2D eigenvalue weighted by Gasteiger charge is 2.04. The molecule has 0 aliphatic heterocycles. The molecular weight excluding hydrogens is 234 g/mol. The second-order valence-electron chi connectivity index (χ2n) is 4.29. The van der Waals surface area contributed by atoms with Crippen molar-refractivity contribution in [3.05, 3.63) is 5.89 Å². The van der Waals surface area contributed by atoms with Gasteiger partial charge in [0.25, 0.3) is 5.22 Å². The lowest BCUT2D eigenvalue weighted by molar-refractivity contribution is 0.429. The molecule has 1 atom stereocenters. The lowest BCUT2D eigenvalue weighted by Gasteiger charge is -2.12. The van der Waals surface area contributed by atoms with Crippen molar-refractivity contribution in [3.63, 3.8) is 0 Å². The molecule has 1 heterocycles. The quantitative estimate of drug-likeness (QED) is 0.544. The van der Waals surface area contributed by atoms with Crippen LogP contribution in [0.2, 0.25) is 0 Å². The summed E-state index contributed by atoms with van der Waals surface area (Å²) in [5.74, 6) is 1.60. The van der Waals surface area contributed by atoms with Crippen LogP contribution in [0.4, 0.5) is 0 Å². The Labute approximate surface area is 108 Å². The number of hydrogen-bond acceptors (Lipinski definition) is 5. The Hall–Kier alpha value is -0.550. The van der Waals surface area contributed by atoms with Crippen molar-refractivity contribution < 1.29 is 4.42 Å². The predicted molar refractivity (Wildman–Crippen MR) is 71.4 cm³/mol. The van der Waals surface area contributed by atoms with Gasteiger partial charge >= 0.3 is 0 Å². The first kappa shape index (κ1) is 14.5. The van der Waals surface area contributed by atoms with E-state index in [1.165, 1.54) is 25.7 Å². The highest BCUT2D eigenvalue weighted by atomic mass is 32.2. The van der Waals surface area contributed by atoms with Crippen molar-refractivity contribution in [1.82, 2.24) is 15.5 Å². The van der Waals surface area contributed by atoms with Crippen LogP contribution in [0.3, 0.4) is 0 Å². The minimum absolute atomic E-state index is 0.603. The smallest absolute Gasteiger partial charge is 0.276 e. The molecule has 1 aromatic rings. The Kier molecular flexibility index (Phi) is 7.28. The van der Waals surface area contributed by atoms with Crippen molar-refractivity contribution in [3.8, 4) is 0 Å². The van der Waals surface area contributed by atoms with Crippen LogP contribution in [0, 0.1) is 6.92 Å². The molecule has 1 rings (SSSR count). The fourth-order valence-electron chi connectivity index (χ4n) is 1.58. The number of nitrogens with one attached hydrogen (secondary N) is 1. The summed E-state index contributed by atoms with van der Waals surface area (Å²) in [6, 6.07) is 0.603. The molecule has 0 bridgehead atoms. The molecule has 0 saturated carbocycles. The Balaban J connectivity index is 2.00. The molecule has 0 spiro atoms. The van der Waals surface area contributed by atoms with E-state index in [1.807, 2.05) is 6.92 Å². The van der Waals surface area contributed by atoms with Crippen LogP contribution in [0.5, 0.6) is 0 Å². The second kappa shape index (κ2) is 8.53. The summed E-state index contributed by atoms with van der Waals surface area (Å²) >= 11 is 1.61. The average molecular weight is 257 g/mol. The summed E-state index contributed by atoms with van der Waals surface area (Å²) in [6.07, 6.45) is 5.21. The zero-order chi connectivity index (χ0) is 12.5. The summed E-state index contributed by atoms with van der Waals surface area (Å²) in [5.41, 5.74) is 0. The topological polar surface area (TPSA) is 51.0 Å². The molecule has 0 aliphatic rings. The van der Waals surface area contributed by atoms with Crippen molar-refractivity contribution in [2.45, 2.75) is 57.7 Å². The number of rotatable bonds is 9. The van der Waals surface area contributed by atoms with E-state index >= 15 is 0 Å². The number of aromatic nitrogens is 2. The summed E-state index contributed by atoms with van der Waals surface area (Å²) in [7, 11) is 0. The van der Waals surface area contributed by atoms with Crippen LogP contribution in [-0.4, -0.2) is 28.5 Å². The van der Waals surface area contributed by atoms with Gasteiger partial charge in [-0.1, -0.05) is 37.9 Å². The molecule has 5 heteroatoms. The van der Waals surface area contributed by atoms with Gasteiger partial charge in [-0.3, -0.25) is 0 Å². The lowest BCUT2D eigenvalue weighted by atomic mass is 10.1. The molecule has 0 saturated heterocycles. The van der Waals surface area contributed by atoms with E-state index in [9.17, 15) is 0 Å². The van der Waals surface area contributed by atoms with Gasteiger partial charge in [0.15, 0.2) is 0 Å². The largest absolute Gasteiger partial charge is 0.416 e. The van der Waals surface area contributed by atoms with Gasteiger partial charge in [-0.2, -0.15) is 0 Å². The van der Waals surface area contributed by atoms with E-state index in [0.717, 1.165) is 12.3 Å². The van der Waals surface area contributed by atoms with Crippen molar-refractivity contribution in [2.24, 2.45) is 0 Å². The van der Waals surface area contributed by atoms with E-state index < -0.39 is 0 Å². The Morgan fingerprint density at radius 1 is 1.35 bits per heavy atom. The number of unbranched alkanes of at least 4 members (excludes halogenated alkanes) is 2. The molecule has 1 unspecified atom stereocenters. The first-order valence-corrected chi connectivity index (χ1v) is 7.37. The Bertz CT molecular complexity index is 304. The third kappa shape index (κ3) is 6.68. The fraction of sp³-hybridized carbons (Fsp3) is 0.833. The number of nitrogens with zero attached hydrogens (tertiary/aromatic N) is 2. The normalized spacial score (nSPS) is 12.9. The number of hydrogen-bond donors (Lipinski definition) is 1. The van der Waals surface area contributed by atoms with Gasteiger partial charge < -0.3 is 9.73 Å². The molecule has 0 radical (unpaired) electrons. The maximum absolute atomic E-state index is 5.28. The van der Waals surface area contributed by atoms with Crippen LogP contribution in [-0.2, 0) is 0 Å². The van der Waals surface area contributed by atoms with Crippen LogP contribution >= 0.6 is 11.8 Å². The predicted octanol–water partition coefficient (Wildman–Crippen LogP) is 3.03. The van der Waals surface area contributed by atoms with Gasteiger partial charge in [0.1, 0.15) is 0 Å². The third-order valence-corrected chi connectivity index (χ3v) is 3.39. The molecule has 98 valence electrons. The van der Waals surface area contributed by atoms with E-state index in [1.54, 1.807) is 11.8 Å². The second-order valence-corrected chi connectivity index (χ2v) is 5.33. The van der Waals surface area contributed by atoms with Gasteiger partial charge in [0.2, 0.25) is 5.89 Å². The van der Waals surface area contributed by atoms with Crippen molar-refractivity contribution >= 4 is 11.8 Å². The molecule has 17 heavy (non-hydrogen) atoms. The lowest BCUT2D eigenvalue weighted by Crippen LogP contribution is -2.28. The van der Waals surface area contributed by atoms with Crippen LogP contribution in [0.25, 0.3) is 0 Å². The van der Waals surface area contributed by atoms with Gasteiger partial charge in [0.05, 0.1) is 0 Å². The number of aryl methyl sites for hydroxylation is 1. The highest BCUT2D eigenvalue weighted by molar-refractivity contribution is 7.99. The summed E-state index contributed by atoms with van der Waals surface area (Å²) < 4.78 is 5.28. The molecule has 1 N–H and O–H groups in total. The maximum atomic E-state index is 5.28. The first-order valence-electron chi connectivity index (χ1n) is 6.38. The van der Waals surface area contributed by atoms with E-state index in [-0.39, 0.29) is 0 Å². The Morgan fingerprint density at radius 3 is 2.82 bits per heavy atom. The maximum Gasteiger partial charge on any atom is 0.276 e. The third-order valence-electron chi connectivity index (χ3n) is 2.57. The standard InChI is InChI=1S/C12H23N3OS/c1-4-5-6-7-10(2)13-8-9-17-12-15-14-11(3)16-12/h10,13H,4-9H2,1-3H3. The van der Waals surface area contributed by atoms with Crippen LogP contribution < -0.4 is 5.32 Å². The van der Waals surface area contributed by atoms with E-state index in [4.69, 9.17) is 4.42 Å². The molecule has 0 aliphatic carbocycles. The SMILES string of the molecule is CCCCCC(C)NCCSc1nnc(C)o1. The Morgan fingerprint density at radius 2 is 2.18 bits per heavy atom. The minimum Gasteiger partial charge on any atom is -0.416 e. The number of thioether (sulfide) groups is 1. The molecule has 0 fully saturated rings. The monoisotopic (exact) mass is 257 g/mol. The van der Waals surface area contributed by atoms with Gasteiger partial charge in [-0.05, 0) is 13.3 Å². The molecular formula is C12H23N3OS. The van der Waals surface area contributed by atoms with Gasteiger partial charge in [-0.25, -0.2) is 0 Å². The van der Waals surface area contributed by atoms with E-state index in [2.05, 4.69) is 29.4 Å². The summed E-state index contributed by atoms with van der Waals surface area (Å²) in [6.45, 7) is 7.28. The minimum atomic E-state index is 0.603. The van der Waals surface area contributed by atoms with E-state index in [0.29, 0.717) is 17.2 Å².